The first kappa shape index (κ1) is 40.3. The Kier molecular flexibility index (Phi) is 14.8. The SMILES string of the molecule is COc1ccc(C(OC[C@H]2OC[C@H](OCc3ccc(C)cc3)[C@@H]2OP(OCCC#N)N(C(C)C)C(C)C)(c2ccccc2)c2ccc(OC)cc2)cc1. The summed E-state index contributed by atoms with van der Waals surface area (Å²) in [5.41, 5.74) is 4.01. The lowest BCUT2D eigenvalue weighted by atomic mass is 9.80. The monoisotopic (exact) mass is 740 g/mol. The van der Waals surface area contributed by atoms with Gasteiger partial charge in [-0.05, 0) is 81.1 Å². The molecule has 1 fully saturated rings. The fourth-order valence-corrected chi connectivity index (χ4v) is 8.42. The van der Waals surface area contributed by atoms with Crippen LogP contribution < -0.4 is 9.47 Å². The molecule has 1 aliphatic heterocycles. The zero-order valence-corrected chi connectivity index (χ0v) is 32.8. The molecule has 53 heavy (non-hydrogen) atoms. The number of hydrogen-bond acceptors (Lipinski definition) is 9. The van der Waals surface area contributed by atoms with Crippen molar-refractivity contribution in [3.05, 3.63) is 131 Å². The Bertz CT molecular complexity index is 1660. The lowest BCUT2D eigenvalue weighted by Gasteiger charge is -2.39. The molecule has 9 nitrogen and oxygen atoms in total. The number of ether oxygens (including phenoxy) is 5. The average molecular weight is 741 g/mol. The Hall–Kier alpha value is -3.84. The molecule has 4 atom stereocenters. The zero-order valence-electron chi connectivity index (χ0n) is 31.9. The molecule has 0 aromatic heterocycles. The largest absolute Gasteiger partial charge is 0.497 e. The van der Waals surface area contributed by atoms with Gasteiger partial charge in [0.1, 0.15) is 35.4 Å². The summed E-state index contributed by atoms with van der Waals surface area (Å²) in [4.78, 5) is 0. The predicted molar refractivity (Wildman–Crippen MR) is 208 cm³/mol. The summed E-state index contributed by atoms with van der Waals surface area (Å²) in [6.07, 6.45) is -1.18. The van der Waals surface area contributed by atoms with Gasteiger partial charge in [0.25, 0.3) is 8.53 Å². The van der Waals surface area contributed by atoms with Gasteiger partial charge in [0.2, 0.25) is 0 Å². The number of nitriles is 1. The van der Waals surface area contributed by atoms with Crippen molar-refractivity contribution < 1.29 is 32.7 Å². The van der Waals surface area contributed by atoms with E-state index in [1.165, 1.54) is 5.56 Å². The highest BCUT2D eigenvalue weighted by atomic mass is 31.2. The summed E-state index contributed by atoms with van der Waals surface area (Å²) in [5, 5.41) is 9.34. The molecule has 0 bridgehead atoms. The molecule has 0 amide bonds. The van der Waals surface area contributed by atoms with Crippen molar-refractivity contribution in [3.8, 4) is 17.6 Å². The Labute approximate surface area is 316 Å². The lowest BCUT2D eigenvalue weighted by Crippen LogP contribution is -2.42. The van der Waals surface area contributed by atoms with Crippen LogP contribution in [0.4, 0.5) is 0 Å². The highest BCUT2D eigenvalue weighted by molar-refractivity contribution is 7.44. The van der Waals surface area contributed by atoms with Crippen molar-refractivity contribution in [1.82, 2.24) is 4.67 Å². The van der Waals surface area contributed by atoms with Crippen molar-refractivity contribution >= 4 is 8.53 Å². The maximum Gasteiger partial charge on any atom is 0.259 e. The Morgan fingerprint density at radius 2 is 1.38 bits per heavy atom. The maximum absolute atomic E-state index is 9.34. The number of aryl methyl sites for hydroxylation is 1. The van der Waals surface area contributed by atoms with Gasteiger partial charge in [-0.3, -0.25) is 0 Å². The summed E-state index contributed by atoms with van der Waals surface area (Å²) < 4.78 is 47.1. The number of nitrogens with zero attached hydrogens (tertiary/aromatic N) is 2. The highest BCUT2D eigenvalue weighted by Crippen LogP contribution is 2.50. The third-order valence-electron chi connectivity index (χ3n) is 9.30. The third-order valence-corrected chi connectivity index (χ3v) is 11.4. The van der Waals surface area contributed by atoms with E-state index in [1.807, 2.05) is 66.7 Å². The minimum absolute atomic E-state index is 0.128. The van der Waals surface area contributed by atoms with Crippen LogP contribution in [0.3, 0.4) is 0 Å². The molecule has 4 aromatic rings. The summed E-state index contributed by atoms with van der Waals surface area (Å²) in [5.74, 6) is 1.49. The summed E-state index contributed by atoms with van der Waals surface area (Å²) in [7, 11) is 1.73. The molecule has 282 valence electrons. The smallest absolute Gasteiger partial charge is 0.259 e. The fraction of sp³-hybridized carbons (Fsp3) is 0.419. The van der Waals surface area contributed by atoms with Crippen LogP contribution in [0.5, 0.6) is 11.5 Å². The first-order chi connectivity index (χ1) is 25.7. The Morgan fingerprint density at radius 1 is 0.811 bits per heavy atom. The number of rotatable bonds is 19. The molecule has 1 heterocycles. The van der Waals surface area contributed by atoms with Crippen LogP contribution in [0.15, 0.2) is 103 Å². The summed E-state index contributed by atoms with van der Waals surface area (Å²) >= 11 is 0. The van der Waals surface area contributed by atoms with Gasteiger partial charge in [-0.1, -0.05) is 84.4 Å². The van der Waals surface area contributed by atoms with Crippen molar-refractivity contribution in [1.29, 1.82) is 5.26 Å². The van der Waals surface area contributed by atoms with Gasteiger partial charge in [-0.2, -0.15) is 5.26 Å². The van der Waals surface area contributed by atoms with E-state index in [2.05, 4.69) is 81.8 Å². The van der Waals surface area contributed by atoms with Gasteiger partial charge in [-0.15, -0.1) is 0 Å². The molecule has 1 aliphatic rings. The molecule has 0 N–H and O–H groups in total. The second kappa shape index (κ2) is 19.5. The second-order valence-electron chi connectivity index (χ2n) is 13.6. The van der Waals surface area contributed by atoms with E-state index < -0.39 is 32.4 Å². The van der Waals surface area contributed by atoms with Gasteiger partial charge in [0.15, 0.2) is 0 Å². The summed E-state index contributed by atoms with van der Waals surface area (Å²) in [6.45, 7) is 11.7. The molecule has 0 saturated carbocycles. The zero-order chi connectivity index (χ0) is 37.8. The molecule has 1 unspecified atom stereocenters. The second-order valence-corrected chi connectivity index (χ2v) is 15.0. The van der Waals surface area contributed by atoms with Crippen LogP contribution in [0.25, 0.3) is 0 Å². The van der Waals surface area contributed by atoms with E-state index in [0.717, 1.165) is 33.8 Å². The van der Waals surface area contributed by atoms with Gasteiger partial charge in [0.05, 0.1) is 53.1 Å². The van der Waals surface area contributed by atoms with E-state index in [1.54, 1.807) is 14.2 Å². The van der Waals surface area contributed by atoms with Gasteiger partial charge in [-0.25, -0.2) is 4.67 Å². The van der Waals surface area contributed by atoms with Crippen LogP contribution in [0.1, 0.15) is 61.9 Å². The molecule has 1 saturated heterocycles. The Morgan fingerprint density at radius 3 is 1.91 bits per heavy atom. The van der Waals surface area contributed by atoms with E-state index >= 15 is 0 Å². The Balaban J connectivity index is 1.54. The molecule has 5 rings (SSSR count). The molecule has 0 spiro atoms. The number of benzene rings is 4. The van der Waals surface area contributed by atoms with E-state index in [4.69, 9.17) is 32.7 Å². The molecular weight excluding hydrogens is 687 g/mol. The van der Waals surface area contributed by atoms with Crippen LogP contribution in [-0.4, -0.2) is 69.1 Å². The van der Waals surface area contributed by atoms with E-state index in [-0.39, 0.29) is 31.7 Å². The van der Waals surface area contributed by atoms with E-state index in [9.17, 15) is 5.26 Å². The van der Waals surface area contributed by atoms with Crippen LogP contribution >= 0.6 is 8.53 Å². The topological polar surface area (TPSA) is 91.6 Å². The number of methoxy groups -OCH3 is 2. The predicted octanol–water partition coefficient (Wildman–Crippen LogP) is 8.97. The number of hydrogen-bond donors (Lipinski definition) is 0. The normalized spacial score (nSPS) is 18.0. The molecule has 0 radical (unpaired) electrons. The maximum atomic E-state index is 9.34. The van der Waals surface area contributed by atoms with Crippen LogP contribution in [0.2, 0.25) is 0 Å². The lowest BCUT2D eigenvalue weighted by molar-refractivity contribution is -0.0726. The molecule has 0 aliphatic carbocycles. The van der Waals surface area contributed by atoms with Gasteiger partial charge < -0.3 is 32.7 Å². The minimum atomic E-state index is -1.59. The van der Waals surface area contributed by atoms with Crippen LogP contribution in [0, 0.1) is 18.3 Å². The quantitative estimate of drug-likeness (QED) is 0.0531. The van der Waals surface area contributed by atoms with Crippen LogP contribution in [-0.2, 0) is 35.5 Å². The molecule has 4 aromatic carbocycles. The van der Waals surface area contributed by atoms with E-state index in [0.29, 0.717) is 13.2 Å². The van der Waals surface area contributed by atoms with Crippen molar-refractivity contribution in [2.45, 2.75) is 83.6 Å². The molecule has 10 heteroatoms. The fourth-order valence-electron chi connectivity index (χ4n) is 6.64. The third kappa shape index (κ3) is 10.0. The van der Waals surface area contributed by atoms with Gasteiger partial charge >= 0.3 is 0 Å². The standard InChI is InChI=1S/C43H53N2O7P/c1-31(2)45(32(3)4)53(51-27-11-26-44)52-42-40(48-28-34-16-14-33(5)15-17-34)29-49-41(42)30-50-43(35-12-9-8-10-13-35,36-18-22-38(46-6)23-19-36)37-20-24-39(47-7)25-21-37/h8-10,12-25,31-32,40-42H,11,27-30H2,1-7H3/t40-,41+,42-,53?/m0/s1. The van der Waals surface area contributed by atoms with Crippen molar-refractivity contribution in [3.63, 3.8) is 0 Å². The first-order valence-corrected chi connectivity index (χ1v) is 19.4. The highest BCUT2D eigenvalue weighted by Gasteiger charge is 2.46. The summed E-state index contributed by atoms with van der Waals surface area (Å²) in [6, 6.07) is 36.9. The minimum Gasteiger partial charge on any atom is -0.497 e. The van der Waals surface area contributed by atoms with Crippen molar-refractivity contribution in [2.75, 3.05) is 34.0 Å². The first-order valence-electron chi connectivity index (χ1n) is 18.2. The average Bonchev–Trinajstić information content (AvgIpc) is 3.56. The van der Waals surface area contributed by atoms with Crippen molar-refractivity contribution in [2.24, 2.45) is 0 Å². The molecular formula is C43H53N2O7P. The van der Waals surface area contributed by atoms with Gasteiger partial charge in [0, 0.05) is 12.1 Å².